The highest BCUT2D eigenvalue weighted by Gasteiger charge is 2.27. The van der Waals surface area contributed by atoms with Gasteiger partial charge in [-0.3, -0.25) is 9.48 Å². The summed E-state index contributed by atoms with van der Waals surface area (Å²) in [5.41, 5.74) is -0.348. The first-order valence-electron chi connectivity index (χ1n) is 4.72. The lowest BCUT2D eigenvalue weighted by atomic mass is 9.95. The van der Waals surface area contributed by atoms with Gasteiger partial charge in [-0.2, -0.15) is 10.4 Å². The zero-order valence-electron chi connectivity index (χ0n) is 9.41. The SMILES string of the molecule is Cn1ncc(C#N)c1NC(=O)C(C)(C)CCl. The lowest BCUT2D eigenvalue weighted by molar-refractivity contribution is -0.123. The maximum Gasteiger partial charge on any atom is 0.232 e. The molecule has 0 aromatic carbocycles. The van der Waals surface area contributed by atoms with Gasteiger partial charge in [0.2, 0.25) is 5.91 Å². The van der Waals surface area contributed by atoms with Crippen molar-refractivity contribution in [2.24, 2.45) is 12.5 Å². The summed E-state index contributed by atoms with van der Waals surface area (Å²) in [6.07, 6.45) is 1.41. The number of nitriles is 1. The van der Waals surface area contributed by atoms with Gasteiger partial charge in [0.05, 0.1) is 11.6 Å². The van der Waals surface area contributed by atoms with Crippen LogP contribution in [-0.4, -0.2) is 21.6 Å². The number of alkyl halides is 1. The van der Waals surface area contributed by atoms with E-state index in [1.54, 1.807) is 20.9 Å². The molecule has 0 saturated heterocycles. The molecule has 1 aromatic heterocycles. The molecule has 0 aliphatic heterocycles. The van der Waals surface area contributed by atoms with Crippen molar-refractivity contribution in [2.75, 3.05) is 11.2 Å². The molecule has 0 saturated carbocycles. The van der Waals surface area contributed by atoms with Crippen LogP contribution in [-0.2, 0) is 11.8 Å². The summed E-state index contributed by atoms with van der Waals surface area (Å²) in [6, 6.07) is 1.96. The fourth-order valence-corrected chi connectivity index (χ4v) is 1.13. The van der Waals surface area contributed by atoms with Crippen molar-refractivity contribution in [1.82, 2.24) is 9.78 Å². The average Bonchev–Trinajstić information content (AvgIpc) is 2.60. The van der Waals surface area contributed by atoms with Crippen molar-refractivity contribution in [3.8, 4) is 6.07 Å². The molecule has 0 spiro atoms. The Labute approximate surface area is 99.0 Å². The van der Waals surface area contributed by atoms with Gasteiger partial charge in [0.15, 0.2) is 0 Å². The van der Waals surface area contributed by atoms with Crippen LogP contribution in [0.15, 0.2) is 6.20 Å². The number of aromatic nitrogens is 2. The monoisotopic (exact) mass is 240 g/mol. The Morgan fingerprint density at radius 2 is 2.38 bits per heavy atom. The highest BCUT2D eigenvalue weighted by Crippen LogP contribution is 2.21. The molecule has 0 atom stereocenters. The van der Waals surface area contributed by atoms with E-state index in [0.29, 0.717) is 11.4 Å². The quantitative estimate of drug-likeness (QED) is 0.814. The van der Waals surface area contributed by atoms with E-state index in [0.717, 1.165) is 0 Å². The molecule has 6 heteroatoms. The number of rotatable bonds is 3. The molecule has 0 unspecified atom stereocenters. The molecule has 16 heavy (non-hydrogen) atoms. The normalized spacial score (nSPS) is 10.9. The van der Waals surface area contributed by atoms with E-state index in [1.165, 1.54) is 10.9 Å². The maximum atomic E-state index is 11.8. The van der Waals surface area contributed by atoms with E-state index in [9.17, 15) is 4.79 Å². The Kier molecular flexibility index (Phi) is 3.55. The first-order valence-corrected chi connectivity index (χ1v) is 5.25. The summed E-state index contributed by atoms with van der Waals surface area (Å²) in [7, 11) is 1.66. The zero-order valence-corrected chi connectivity index (χ0v) is 10.2. The highest BCUT2D eigenvalue weighted by molar-refractivity contribution is 6.20. The molecular formula is C10H13ClN4O. The molecule has 0 aliphatic rings. The molecule has 0 bridgehead atoms. The summed E-state index contributed by atoms with van der Waals surface area (Å²) in [4.78, 5) is 11.8. The third-order valence-electron chi connectivity index (χ3n) is 2.24. The van der Waals surface area contributed by atoms with Crippen LogP contribution >= 0.6 is 11.6 Å². The van der Waals surface area contributed by atoms with Crippen LogP contribution in [0.1, 0.15) is 19.4 Å². The molecule has 1 amide bonds. The second-order valence-electron chi connectivity index (χ2n) is 4.11. The number of hydrogen-bond donors (Lipinski definition) is 1. The number of aryl methyl sites for hydroxylation is 1. The van der Waals surface area contributed by atoms with Gasteiger partial charge in [-0.05, 0) is 13.8 Å². The molecule has 0 fully saturated rings. The number of carbonyl (C=O) groups is 1. The van der Waals surface area contributed by atoms with Crippen LogP contribution in [0.2, 0.25) is 0 Å². The van der Waals surface area contributed by atoms with Gasteiger partial charge in [0, 0.05) is 12.9 Å². The third-order valence-corrected chi connectivity index (χ3v) is 2.91. The fourth-order valence-electron chi connectivity index (χ4n) is 1.01. The van der Waals surface area contributed by atoms with Crippen molar-refractivity contribution in [3.63, 3.8) is 0 Å². The Balaban J connectivity index is 2.94. The van der Waals surface area contributed by atoms with Crippen molar-refractivity contribution in [3.05, 3.63) is 11.8 Å². The molecular weight excluding hydrogens is 228 g/mol. The lowest BCUT2D eigenvalue weighted by Crippen LogP contribution is -2.33. The maximum absolute atomic E-state index is 11.8. The van der Waals surface area contributed by atoms with E-state index >= 15 is 0 Å². The van der Waals surface area contributed by atoms with Crippen LogP contribution in [0.4, 0.5) is 5.82 Å². The van der Waals surface area contributed by atoms with Crippen LogP contribution < -0.4 is 5.32 Å². The molecule has 5 nitrogen and oxygen atoms in total. The Bertz CT molecular complexity index is 444. The van der Waals surface area contributed by atoms with Gasteiger partial charge in [-0.15, -0.1) is 11.6 Å². The topological polar surface area (TPSA) is 70.7 Å². The third kappa shape index (κ3) is 2.34. The average molecular weight is 241 g/mol. The first-order chi connectivity index (χ1) is 7.42. The van der Waals surface area contributed by atoms with Crippen molar-refractivity contribution in [1.29, 1.82) is 5.26 Å². The summed E-state index contributed by atoms with van der Waals surface area (Å²) < 4.78 is 1.45. The summed E-state index contributed by atoms with van der Waals surface area (Å²) >= 11 is 5.69. The first kappa shape index (κ1) is 12.5. The predicted octanol–water partition coefficient (Wildman–Crippen LogP) is 1.50. The Hall–Kier alpha value is -1.54. The summed E-state index contributed by atoms with van der Waals surface area (Å²) in [5, 5.41) is 15.4. The number of nitrogens with one attached hydrogen (secondary N) is 1. The van der Waals surface area contributed by atoms with Gasteiger partial charge in [0.25, 0.3) is 0 Å². The van der Waals surface area contributed by atoms with Crippen LogP contribution in [0.5, 0.6) is 0 Å². The number of carbonyl (C=O) groups excluding carboxylic acids is 1. The molecule has 0 aliphatic carbocycles. The molecule has 0 radical (unpaired) electrons. The second kappa shape index (κ2) is 4.54. The van der Waals surface area contributed by atoms with Crippen LogP contribution in [0, 0.1) is 16.7 Å². The Morgan fingerprint density at radius 1 is 1.75 bits per heavy atom. The number of amides is 1. The Morgan fingerprint density at radius 3 is 2.88 bits per heavy atom. The molecule has 1 aromatic rings. The lowest BCUT2D eigenvalue weighted by Gasteiger charge is -2.20. The number of anilines is 1. The fraction of sp³-hybridized carbons (Fsp3) is 0.500. The van der Waals surface area contributed by atoms with Gasteiger partial charge in [-0.25, -0.2) is 0 Å². The zero-order chi connectivity index (χ0) is 12.3. The van der Waals surface area contributed by atoms with E-state index in [1.807, 2.05) is 6.07 Å². The summed E-state index contributed by atoms with van der Waals surface area (Å²) in [6.45, 7) is 3.47. The van der Waals surface area contributed by atoms with E-state index in [-0.39, 0.29) is 11.8 Å². The largest absolute Gasteiger partial charge is 0.309 e. The summed E-state index contributed by atoms with van der Waals surface area (Å²) in [5.74, 6) is 0.367. The van der Waals surface area contributed by atoms with Crippen molar-refractivity contribution >= 4 is 23.3 Å². The molecule has 1 heterocycles. The minimum atomic E-state index is -0.682. The second-order valence-corrected chi connectivity index (χ2v) is 4.38. The number of nitrogens with zero attached hydrogens (tertiary/aromatic N) is 3. The molecule has 86 valence electrons. The van der Waals surface area contributed by atoms with Crippen LogP contribution in [0.25, 0.3) is 0 Å². The molecule has 1 rings (SSSR count). The van der Waals surface area contributed by atoms with Crippen molar-refractivity contribution in [2.45, 2.75) is 13.8 Å². The van der Waals surface area contributed by atoms with Gasteiger partial charge in [0.1, 0.15) is 17.5 Å². The van der Waals surface area contributed by atoms with Crippen molar-refractivity contribution < 1.29 is 4.79 Å². The molecule has 1 N–H and O–H groups in total. The van der Waals surface area contributed by atoms with Crippen LogP contribution in [0.3, 0.4) is 0 Å². The number of halogens is 1. The van der Waals surface area contributed by atoms with Gasteiger partial charge < -0.3 is 5.32 Å². The number of hydrogen-bond acceptors (Lipinski definition) is 3. The van der Waals surface area contributed by atoms with E-state index in [4.69, 9.17) is 16.9 Å². The standard InChI is InChI=1S/C10H13ClN4O/c1-10(2,6-11)9(16)14-8-7(4-12)5-13-15(8)3/h5H,6H2,1-3H3,(H,14,16). The van der Waals surface area contributed by atoms with E-state index in [2.05, 4.69) is 10.4 Å². The van der Waals surface area contributed by atoms with E-state index < -0.39 is 5.41 Å². The minimum absolute atomic E-state index is 0.207. The van der Waals surface area contributed by atoms with Gasteiger partial charge in [-0.1, -0.05) is 0 Å². The van der Waals surface area contributed by atoms with Gasteiger partial charge >= 0.3 is 0 Å². The predicted molar refractivity (Wildman–Crippen MR) is 61.1 cm³/mol. The highest BCUT2D eigenvalue weighted by atomic mass is 35.5. The smallest absolute Gasteiger partial charge is 0.232 e. The minimum Gasteiger partial charge on any atom is -0.309 e.